The maximum atomic E-state index is 11.7. The molecule has 0 spiro atoms. The topological polar surface area (TPSA) is 74.2 Å². The van der Waals surface area contributed by atoms with E-state index in [1.165, 1.54) is 0 Å². The van der Waals surface area contributed by atoms with E-state index in [0.717, 1.165) is 17.5 Å². The van der Waals surface area contributed by atoms with Crippen LogP contribution in [0.15, 0.2) is 30.6 Å². The number of aliphatic hydroxyl groups excluding tert-OH is 1. The summed E-state index contributed by atoms with van der Waals surface area (Å²) in [6, 6.07) is 1.72. The Morgan fingerprint density at radius 1 is 1.53 bits per heavy atom. The zero-order valence-electron chi connectivity index (χ0n) is 11.0. The van der Waals surface area contributed by atoms with Gasteiger partial charge in [-0.1, -0.05) is 12.2 Å². The minimum Gasteiger partial charge on any atom is -0.396 e. The highest BCUT2D eigenvalue weighted by atomic mass is 16.3. The predicted octanol–water partition coefficient (Wildman–Crippen LogP) is 1.13. The van der Waals surface area contributed by atoms with Crippen LogP contribution in [0.2, 0.25) is 0 Å². The maximum Gasteiger partial charge on any atom is 0.315 e. The van der Waals surface area contributed by atoms with E-state index < -0.39 is 0 Å². The van der Waals surface area contributed by atoms with Crippen LogP contribution in [0.3, 0.4) is 0 Å². The van der Waals surface area contributed by atoms with E-state index >= 15 is 0 Å². The van der Waals surface area contributed by atoms with Crippen LogP contribution in [0.1, 0.15) is 17.5 Å². The fourth-order valence-electron chi connectivity index (χ4n) is 2.11. The van der Waals surface area contributed by atoms with Crippen LogP contribution in [0.25, 0.3) is 0 Å². The number of aryl methyl sites for hydroxylation is 1. The van der Waals surface area contributed by atoms with Crippen molar-refractivity contribution in [1.82, 2.24) is 15.6 Å². The van der Waals surface area contributed by atoms with E-state index in [1.54, 1.807) is 12.4 Å². The van der Waals surface area contributed by atoms with Gasteiger partial charge in [0.1, 0.15) is 0 Å². The molecule has 1 heterocycles. The Morgan fingerprint density at radius 2 is 2.37 bits per heavy atom. The Balaban J connectivity index is 1.77. The molecule has 0 aromatic carbocycles. The Hall–Kier alpha value is -1.88. The highest BCUT2D eigenvalue weighted by molar-refractivity contribution is 5.74. The number of aliphatic hydroxyl groups is 1. The average Bonchev–Trinajstić information content (AvgIpc) is 2.85. The molecule has 1 aliphatic carbocycles. The molecular formula is C14H19N3O2. The average molecular weight is 261 g/mol. The van der Waals surface area contributed by atoms with Crippen molar-refractivity contribution in [2.24, 2.45) is 5.92 Å². The maximum absolute atomic E-state index is 11.7. The quantitative estimate of drug-likeness (QED) is 0.711. The molecule has 1 aromatic rings. The summed E-state index contributed by atoms with van der Waals surface area (Å²) in [4.78, 5) is 15.8. The van der Waals surface area contributed by atoms with Crippen molar-refractivity contribution in [3.05, 3.63) is 41.7 Å². The van der Waals surface area contributed by atoms with Crippen LogP contribution in [-0.2, 0) is 6.54 Å². The zero-order chi connectivity index (χ0) is 13.7. The number of nitrogens with one attached hydrogen (secondary N) is 2. The second kappa shape index (κ2) is 6.33. The molecule has 0 bridgehead atoms. The first kappa shape index (κ1) is 13.5. The SMILES string of the molecule is Cc1cnccc1CNC(=O)N[C@@H]1C=C[C@H](CO)C1. The number of aromatic nitrogens is 1. The normalized spacial score (nSPS) is 21.4. The summed E-state index contributed by atoms with van der Waals surface area (Å²) in [6.07, 6.45) is 8.13. The standard InChI is InChI=1S/C14H19N3O2/c1-10-7-15-5-4-12(10)8-16-14(19)17-13-3-2-11(6-13)9-18/h2-5,7,11,13,18H,6,8-9H2,1H3,(H2,16,17,19)/t11-,13+/m0/s1. The third-order valence-electron chi connectivity index (χ3n) is 3.30. The van der Waals surface area contributed by atoms with Crippen LogP contribution < -0.4 is 10.6 Å². The summed E-state index contributed by atoms with van der Waals surface area (Å²) in [6.45, 7) is 2.58. The summed E-state index contributed by atoms with van der Waals surface area (Å²) in [5, 5.41) is 14.7. The molecule has 0 saturated carbocycles. The van der Waals surface area contributed by atoms with Crippen LogP contribution >= 0.6 is 0 Å². The fourth-order valence-corrected chi connectivity index (χ4v) is 2.11. The van der Waals surface area contributed by atoms with Gasteiger partial charge in [-0.15, -0.1) is 0 Å². The highest BCUT2D eigenvalue weighted by Gasteiger charge is 2.19. The molecule has 0 fully saturated rings. The first-order chi connectivity index (χ1) is 9.19. The molecule has 2 atom stereocenters. The molecule has 5 nitrogen and oxygen atoms in total. The zero-order valence-corrected chi connectivity index (χ0v) is 11.0. The molecule has 1 aliphatic rings. The van der Waals surface area contributed by atoms with Crippen molar-refractivity contribution in [2.45, 2.75) is 25.9 Å². The van der Waals surface area contributed by atoms with Crippen LogP contribution in [-0.4, -0.2) is 28.8 Å². The van der Waals surface area contributed by atoms with Crippen LogP contribution in [0.5, 0.6) is 0 Å². The fraction of sp³-hybridized carbons (Fsp3) is 0.429. The summed E-state index contributed by atoms with van der Waals surface area (Å²) in [7, 11) is 0. The van der Waals surface area contributed by atoms with Crippen molar-refractivity contribution in [3.8, 4) is 0 Å². The van der Waals surface area contributed by atoms with E-state index in [1.807, 2.05) is 25.1 Å². The second-order valence-corrected chi connectivity index (χ2v) is 4.80. The summed E-state index contributed by atoms with van der Waals surface area (Å²) in [5.41, 5.74) is 2.12. The molecular weight excluding hydrogens is 242 g/mol. The van der Waals surface area contributed by atoms with Crippen LogP contribution in [0, 0.1) is 12.8 Å². The highest BCUT2D eigenvalue weighted by Crippen LogP contribution is 2.16. The van der Waals surface area contributed by atoms with E-state index in [-0.39, 0.29) is 24.6 Å². The van der Waals surface area contributed by atoms with Gasteiger partial charge in [-0.3, -0.25) is 4.98 Å². The summed E-state index contributed by atoms with van der Waals surface area (Å²) >= 11 is 0. The van der Waals surface area contributed by atoms with Gasteiger partial charge in [-0.2, -0.15) is 0 Å². The molecule has 1 aromatic heterocycles. The lowest BCUT2D eigenvalue weighted by Gasteiger charge is -2.14. The predicted molar refractivity (Wildman–Crippen MR) is 72.5 cm³/mol. The Morgan fingerprint density at radius 3 is 3.05 bits per heavy atom. The van der Waals surface area contributed by atoms with E-state index in [2.05, 4.69) is 15.6 Å². The van der Waals surface area contributed by atoms with Crippen molar-refractivity contribution in [2.75, 3.05) is 6.61 Å². The van der Waals surface area contributed by atoms with Gasteiger partial charge < -0.3 is 15.7 Å². The molecule has 0 saturated heterocycles. The molecule has 3 N–H and O–H groups in total. The number of urea groups is 1. The van der Waals surface area contributed by atoms with Gasteiger partial charge in [-0.25, -0.2) is 4.79 Å². The number of carbonyl (C=O) groups is 1. The van der Waals surface area contributed by atoms with Crippen molar-refractivity contribution in [3.63, 3.8) is 0 Å². The van der Waals surface area contributed by atoms with Crippen molar-refractivity contribution in [1.29, 1.82) is 0 Å². The monoisotopic (exact) mass is 261 g/mol. The first-order valence-corrected chi connectivity index (χ1v) is 6.42. The molecule has 102 valence electrons. The van der Waals surface area contributed by atoms with E-state index in [0.29, 0.717) is 6.54 Å². The molecule has 0 aliphatic heterocycles. The molecule has 0 unspecified atom stereocenters. The van der Waals surface area contributed by atoms with Gasteiger partial charge in [0.15, 0.2) is 0 Å². The van der Waals surface area contributed by atoms with Gasteiger partial charge >= 0.3 is 6.03 Å². The van der Waals surface area contributed by atoms with E-state index in [4.69, 9.17) is 5.11 Å². The number of pyridine rings is 1. The molecule has 0 radical (unpaired) electrons. The van der Waals surface area contributed by atoms with E-state index in [9.17, 15) is 4.79 Å². The number of carbonyl (C=O) groups excluding carboxylic acids is 1. The van der Waals surface area contributed by atoms with Gasteiger partial charge in [-0.05, 0) is 30.5 Å². The molecule has 5 heteroatoms. The van der Waals surface area contributed by atoms with Crippen molar-refractivity contribution < 1.29 is 9.90 Å². The lowest BCUT2D eigenvalue weighted by atomic mass is 10.1. The Kier molecular flexibility index (Phi) is 4.52. The van der Waals surface area contributed by atoms with Gasteiger partial charge in [0.2, 0.25) is 0 Å². The minimum atomic E-state index is -0.190. The number of rotatable bonds is 4. The second-order valence-electron chi connectivity index (χ2n) is 4.80. The number of hydrogen-bond acceptors (Lipinski definition) is 3. The molecule has 2 amide bonds. The van der Waals surface area contributed by atoms with Gasteiger partial charge in [0, 0.05) is 37.5 Å². The number of amides is 2. The number of nitrogens with zero attached hydrogens (tertiary/aromatic N) is 1. The number of hydrogen-bond donors (Lipinski definition) is 3. The molecule has 2 rings (SSSR count). The van der Waals surface area contributed by atoms with Gasteiger partial charge in [0.05, 0.1) is 0 Å². The molecule has 19 heavy (non-hydrogen) atoms. The largest absolute Gasteiger partial charge is 0.396 e. The van der Waals surface area contributed by atoms with Crippen LogP contribution in [0.4, 0.5) is 4.79 Å². The lowest BCUT2D eigenvalue weighted by molar-refractivity contribution is 0.231. The summed E-state index contributed by atoms with van der Waals surface area (Å²) in [5.74, 6) is 0.160. The lowest BCUT2D eigenvalue weighted by Crippen LogP contribution is -2.40. The Bertz CT molecular complexity index is 474. The first-order valence-electron chi connectivity index (χ1n) is 6.42. The third kappa shape index (κ3) is 3.79. The van der Waals surface area contributed by atoms with Gasteiger partial charge in [0.25, 0.3) is 0 Å². The Labute approximate surface area is 112 Å². The minimum absolute atomic E-state index is 0.00990. The summed E-state index contributed by atoms with van der Waals surface area (Å²) < 4.78 is 0. The third-order valence-corrected chi connectivity index (χ3v) is 3.30. The van der Waals surface area contributed by atoms with Crippen molar-refractivity contribution >= 4 is 6.03 Å². The smallest absolute Gasteiger partial charge is 0.315 e.